The molecule has 0 aliphatic carbocycles. The van der Waals surface area contributed by atoms with Gasteiger partial charge in [0, 0.05) is 18.4 Å². The third kappa shape index (κ3) is 1.68. The molecule has 3 heterocycles. The first-order valence-corrected chi connectivity index (χ1v) is 5.88. The molecule has 0 amide bonds. The summed E-state index contributed by atoms with van der Waals surface area (Å²) in [6.45, 7) is 3.60. The molecule has 16 heavy (non-hydrogen) atoms. The van der Waals surface area contributed by atoms with Crippen LogP contribution in [0.3, 0.4) is 0 Å². The Kier molecular flexibility index (Phi) is 2.53. The standard InChI is InChI=1S/C12H17N3O/c13-11-2-1-8-6-16-7-9-5-14-4-3-10(9)12(8)15-11/h1-2,9-10,14H,3-7H2,(H2,13,15). The van der Waals surface area contributed by atoms with Crippen LogP contribution in [0.2, 0.25) is 0 Å². The Morgan fingerprint density at radius 1 is 1.44 bits per heavy atom. The van der Waals surface area contributed by atoms with E-state index in [-0.39, 0.29) is 0 Å². The van der Waals surface area contributed by atoms with Crippen LogP contribution >= 0.6 is 0 Å². The molecule has 1 aromatic rings. The number of fused-ring (bicyclic) bond motifs is 3. The zero-order valence-corrected chi connectivity index (χ0v) is 9.28. The summed E-state index contributed by atoms with van der Waals surface area (Å²) in [5.41, 5.74) is 8.17. The van der Waals surface area contributed by atoms with E-state index in [4.69, 9.17) is 10.5 Å². The minimum Gasteiger partial charge on any atom is -0.384 e. The molecule has 4 heteroatoms. The molecule has 0 aromatic carbocycles. The van der Waals surface area contributed by atoms with E-state index in [1.807, 2.05) is 6.07 Å². The Bertz CT molecular complexity index is 394. The number of ether oxygens (including phenoxy) is 1. The number of aromatic nitrogens is 1. The number of anilines is 1. The second-order valence-corrected chi connectivity index (χ2v) is 4.65. The smallest absolute Gasteiger partial charge is 0.123 e. The third-order valence-electron chi connectivity index (χ3n) is 3.58. The second-order valence-electron chi connectivity index (χ2n) is 4.65. The highest BCUT2D eigenvalue weighted by Crippen LogP contribution is 2.34. The summed E-state index contributed by atoms with van der Waals surface area (Å²) in [7, 11) is 0. The van der Waals surface area contributed by atoms with Crippen LogP contribution in [0.4, 0.5) is 5.82 Å². The molecule has 4 nitrogen and oxygen atoms in total. The Hall–Kier alpha value is -1.13. The SMILES string of the molecule is Nc1ccc2c(n1)C1CCNCC1COC2. The Labute approximate surface area is 95.2 Å². The Balaban J connectivity index is 2.02. The lowest BCUT2D eigenvalue weighted by Gasteiger charge is -2.30. The molecular formula is C12H17N3O. The van der Waals surface area contributed by atoms with Gasteiger partial charge in [-0.15, -0.1) is 0 Å². The van der Waals surface area contributed by atoms with Crippen molar-refractivity contribution in [1.29, 1.82) is 0 Å². The summed E-state index contributed by atoms with van der Waals surface area (Å²) < 4.78 is 5.71. The molecular weight excluding hydrogens is 202 g/mol. The molecule has 0 spiro atoms. The molecule has 0 saturated carbocycles. The molecule has 2 aliphatic heterocycles. The van der Waals surface area contributed by atoms with Crippen molar-refractivity contribution in [2.24, 2.45) is 5.92 Å². The van der Waals surface area contributed by atoms with Crippen LogP contribution in [-0.2, 0) is 11.3 Å². The van der Waals surface area contributed by atoms with Gasteiger partial charge in [-0.25, -0.2) is 4.98 Å². The minimum atomic E-state index is 0.516. The summed E-state index contributed by atoms with van der Waals surface area (Å²) in [5, 5.41) is 3.42. The van der Waals surface area contributed by atoms with E-state index in [1.54, 1.807) is 0 Å². The van der Waals surface area contributed by atoms with E-state index in [1.165, 1.54) is 11.3 Å². The topological polar surface area (TPSA) is 60.2 Å². The number of rotatable bonds is 0. The number of nitrogens with one attached hydrogen (secondary N) is 1. The highest BCUT2D eigenvalue weighted by molar-refractivity contribution is 5.36. The van der Waals surface area contributed by atoms with E-state index < -0.39 is 0 Å². The van der Waals surface area contributed by atoms with Gasteiger partial charge in [0.05, 0.1) is 18.9 Å². The van der Waals surface area contributed by atoms with Gasteiger partial charge in [0.1, 0.15) is 5.82 Å². The molecule has 2 unspecified atom stereocenters. The quantitative estimate of drug-likeness (QED) is 0.680. The van der Waals surface area contributed by atoms with Crippen molar-refractivity contribution in [3.63, 3.8) is 0 Å². The number of piperidine rings is 1. The molecule has 3 rings (SSSR count). The van der Waals surface area contributed by atoms with Crippen LogP contribution in [0.1, 0.15) is 23.6 Å². The summed E-state index contributed by atoms with van der Waals surface area (Å²) >= 11 is 0. The van der Waals surface area contributed by atoms with E-state index in [2.05, 4.69) is 16.4 Å². The van der Waals surface area contributed by atoms with E-state index in [9.17, 15) is 0 Å². The summed E-state index contributed by atoms with van der Waals surface area (Å²) in [4.78, 5) is 4.53. The fraction of sp³-hybridized carbons (Fsp3) is 0.583. The van der Waals surface area contributed by atoms with Crippen molar-refractivity contribution in [2.45, 2.75) is 18.9 Å². The molecule has 2 atom stereocenters. The molecule has 1 saturated heterocycles. The predicted molar refractivity (Wildman–Crippen MR) is 62.0 cm³/mol. The summed E-state index contributed by atoms with van der Waals surface area (Å²) in [6, 6.07) is 3.92. The maximum Gasteiger partial charge on any atom is 0.123 e. The van der Waals surface area contributed by atoms with Gasteiger partial charge in [-0.05, 0) is 24.6 Å². The van der Waals surface area contributed by atoms with Gasteiger partial charge in [-0.1, -0.05) is 6.07 Å². The van der Waals surface area contributed by atoms with Crippen molar-refractivity contribution < 1.29 is 4.74 Å². The summed E-state index contributed by atoms with van der Waals surface area (Å²) in [5.74, 6) is 1.68. The zero-order chi connectivity index (χ0) is 11.0. The second kappa shape index (κ2) is 4.03. The normalized spacial score (nSPS) is 29.0. The first-order chi connectivity index (χ1) is 7.84. The minimum absolute atomic E-state index is 0.516. The van der Waals surface area contributed by atoms with Crippen LogP contribution in [0.25, 0.3) is 0 Å². The first kappa shape index (κ1) is 10.1. The third-order valence-corrected chi connectivity index (χ3v) is 3.58. The van der Waals surface area contributed by atoms with Crippen LogP contribution in [0, 0.1) is 5.92 Å². The van der Waals surface area contributed by atoms with Crippen molar-refractivity contribution in [2.75, 3.05) is 25.4 Å². The highest BCUT2D eigenvalue weighted by atomic mass is 16.5. The van der Waals surface area contributed by atoms with Gasteiger partial charge in [-0.2, -0.15) is 0 Å². The van der Waals surface area contributed by atoms with Gasteiger partial charge in [0.15, 0.2) is 0 Å². The molecule has 0 bridgehead atoms. The van der Waals surface area contributed by atoms with Crippen molar-refractivity contribution in [3.8, 4) is 0 Å². The maximum atomic E-state index is 5.79. The highest BCUT2D eigenvalue weighted by Gasteiger charge is 2.31. The number of nitrogen functional groups attached to an aromatic ring is 1. The lowest BCUT2D eigenvalue weighted by molar-refractivity contribution is 0.0811. The molecule has 2 aliphatic rings. The van der Waals surface area contributed by atoms with E-state index in [0.29, 0.717) is 24.3 Å². The van der Waals surface area contributed by atoms with Gasteiger partial charge in [0.2, 0.25) is 0 Å². The van der Waals surface area contributed by atoms with Crippen LogP contribution in [0.5, 0.6) is 0 Å². The van der Waals surface area contributed by atoms with Gasteiger partial charge < -0.3 is 15.8 Å². The molecule has 0 radical (unpaired) electrons. The van der Waals surface area contributed by atoms with E-state index in [0.717, 1.165) is 26.1 Å². The molecule has 1 aromatic heterocycles. The van der Waals surface area contributed by atoms with Crippen LogP contribution < -0.4 is 11.1 Å². The predicted octanol–water partition coefficient (Wildman–Crippen LogP) is 0.887. The molecule has 1 fully saturated rings. The monoisotopic (exact) mass is 219 g/mol. The average Bonchev–Trinajstić information content (AvgIpc) is 2.48. The lowest BCUT2D eigenvalue weighted by atomic mass is 9.83. The molecule has 86 valence electrons. The largest absolute Gasteiger partial charge is 0.384 e. The van der Waals surface area contributed by atoms with Gasteiger partial charge in [-0.3, -0.25) is 0 Å². The fourth-order valence-corrected chi connectivity index (χ4v) is 2.74. The number of hydrogen-bond acceptors (Lipinski definition) is 4. The van der Waals surface area contributed by atoms with E-state index >= 15 is 0 Å². The Morgan fingerprint density at radius 2 is 2.38 bits per heavy atom. The summed E-state index contributed by atoms with van der Waals surface area (Å²) in [6.07, 6.45) is 1.14. The van der Waals surface area contributed by atoms with Crippen LogP contribution in [0.15, 0.2) is 12.1 Å². The number of pyridine rings is 1. The maximum absolute atomic E-state index is 5.79. The first-order valence-electron chi connectivity index (χ1n) is 5.88. The number of nitrogens with zero attached hydrogens (tertiary/aromatic N) is 1. The van der Waals surface area contributed by atoms with Crippen molar-refractivity contribution in [3.05, 3.63) is 23.4 Å². The fourth-order valence-electron chi connectivity index (χ4n) is 2.74. The average molecular weight is 219 g/mol. The number of nitrogens with two attached hydrogens (primary N) is 1. The molecule has 3 N–H and O–H groups in total. The number of hydrogen-bond donors (Lipinski definition) is 2. The van der Waals surface area contributed by atoms with Crippen LogP contribution in [-0.4, -0.2) is 24.7 Å². The zero-order valence-electron chi connectivity index (χ0n) is 9.28. The Morgan fingerprint density at radius 3 is 3.31 bits per heavy atom. The van der Waals surface area contributed by atoms with Gasteiger partial charge >= 0.3 is 0 Å². The van der Waals surface area contributed by atoms with Crippen molar-refractivity contribution in [1.82, 2.24) is 10.3 Å². The van der Waals surface area contributed by atoms with Crippen molar-refractivity contribution >= 4 is 5.82 Å². The van der Waals surface area contributed by atoms with Gasteiger partial charge in [0.25, 0.3) is 0 Å². The lowest BCUT2D eigenvalue weighted by Crippen LogP contribution is -2.37.